The summed E-state index contributed by atoms with van der Waals surface area (Å²) in [5.74, 6) is -0.505. The molecule has 0 amide bonds. The smallest absolute Gasteiger partial charge is 0.334 e. The van der Waals surface area contributed by atoms with Gasteiger partial charge in [0.15, 0.2) is 0 Å². The van der Waals surface area contributed by atoms with E-state index in [9.17, 15) is 9.90 Å². The van der Waals surface area contributed by atoms with Crippen LogP contribution in [0.3, 0.4) is 0 Å². The Labute approximate surface area is 75.3 Å². The molecule has 0 fully saturated rings. The van der Waals surface area contributed by atoms with Gasteiger partial charge in [-0.25, -0.2) is 4.79 Å². The highest BCUT2D eigenvalue weighted by Gasteiger charge is 2.32. The van der Waals surface area contributed by atoms with Crippen molar-refractivity contribution in [3.8, 4) is 0 Å². The minimum atomic E-state index is -1.29. The maximum Gasteiger partial charge on any atom is 0.334 e. The molecule has 0 saturated heterocycles. The van der Waals surface area contributed by atoms with Crippen LogP contribution in [-0.4, -0.2) is 46.2 Å². The molecule has 1 rings (SSSR count). The van der Waals surface area contributed by atoms with E-state index >= 15 is 0 Å². The van der Waals surface area contributed by atoms with Crippen LogP contribution < -0.4 is 0 Å². The van der Waals surface area contributed by atoms with Crippen LogP contribution in [0.4, 0.5) is 0 Å². The van der Waals surface area contributed by atoms with Crippen molar-refractivity contribution in [2.45, 2.75) is 25.2 Å². The number of hydrogen-bond donors (Lipinski definition) is 3. The first-order chi connectivity index (χ1) is 6.06. The number of ether oxygens (including phenoxy) is 1. The van der Waals surface area contributed by atoms with Crippen molar-refractivity contribution in [2.75, 3.05) is 6.61 Å². The maximum atomic E-state index is 10.9. The number of hydrogen-bond acceptors (Lipinski definition) is 5. The largest absolute Gasteiger partial charge is 0.452 e. The first-order valence-electron chi connectivity index (χ1n) is 3.92. The predicted octanol–water partition coefficient (Wildman–Crippen LogP) is -1.43. The van der Waals surface area contributed by atoms with Gasteiger partial charge >= 0.3 is 5.97 Å². The lowest BCUT2D eigenvalue weighted by Gasteiger charge is -2.19. The lowest BCUT2D eigenvalue weighted by molar-refractivity contribution is -0.148. The Morgan fingerprint density at radius 2 is 2.23 bits per heavy atom. The molecule has 1 aliphatic heterocycles. The highest BCUT2D eigenvalue weighted by Crippen LogP contribution is 2.17. The van der Waals surface area contributed by atoms with Crippen LogP contribution >= 0.6 is 0 Å². The molecule has 3 N–H and O–H groups in total. The predicted molar refractivity (Wildman–Crippen MR) is 42.7 cm³/mol. The summed E-state index contributed by atoms with van der Waals surface area (Å²) in [6.07, 6.45) is -1.99. The number of esters is 1. The Hall–Kier alpha value is -0.910. The quantitative estimate of drug-likeness (QED) is 0.473. The molecule has 1 aliphatic rings. The number of aliphatic hydroxyl groups is 3. The maximum absolute atomic E-state index is 10.9. The van der Waals surface area contributed by atoms with Crippen LogP contribution in [0.2, 0.25) is 0 Å². The van der Waals surface area contributed by atoms with Crippen LogP contribution in [0.5, 0.6) is 0 Å². The summed E-state index contributed by atoms with van der Waals surface area (Å²) in [4.78, 5) is 10.9. The molecule has 3 atom stereocenters. The van der Waals surface area contributed by atoms with Crippen molar-refractivity contribution in [1.82, 2.24) is 0 Å². The molecule has 5 nitrogen and oxygen atoms in total. The fourth-order valence-corrected chi connectivity index (χ4v) is 1.06. The molecule has 0 aliphatic carbocycles. The molecule has 0 spiro atoms. The van der Waals surface area contributed by atoms with E-state index < -0.39 is 30.9 Å². The van der Waals surface area contributed by atoms with Crippen molar-refractivity contribution in [2.24, 2.45) is 0 Å². The summed E-state index contributed by atoms with van der Waals surface area (Å²) in [6.45, 7) is 0.989. The topological polar surface area (TPSA) is 87.0 Å². The van der Waals surface area contributed by atoms with E-state index in [1.165, 1.54) is 6.08 Å². The van der Waals surface area contributed by atoms with Crippen molar-refractivity contribution < 1.29 is 24.9 Å². The zero-order valence-corrected chi connectivity index (χ0v) is 7.17. The minimum absolute atomic E-state index is 0.397. The third-order valence-electron chi connectivity index (χ3n) is 1.90. The van der Waals surface area contributed by atoms with Gasteiger partial charge in [0, 0.05) is 5.57 Å². The van der Waals surface area contributed by atoms with E-state index in [2.05, 4.69) is 0 Å². The van der Waals surface area contributed by atoms with Gasteiger partial charge in [0.1, 0.15) is 18.3 Å². The van der Waals surface area contributed by atoms with Crippen LogP contribution in [0.25, 0.3) is 0 Å². The fraction of sp³-hybridized carbons (Fsp3) is 0.625. The van der Waals surface area contributed by atoms with E-state index in [-0.39, 0.29) is 0 Å². The van der Waals surface area contributed by atoms with Gasteiger partial charge in [-0.2, -0.15) is 0 Å². The van der Waals surface area contributed by atoms with Gasteiger partial charge in [0.2, 0.25) is 0 Å². The third kappa shape index (κ3) is 2.06. The molecule has 0 aromatic heterocycles. The van der Waals surface area contributed by atoms with Crippen molar-refractivity contribution in [1.29, 1.82) is 0 Å². The molecule has 5 heteroatoms. The Bertz CT molecular complexity index is 235. The molecule has 0 radical (unpaired) electrons. The summed E-state index contributed by atoms with van der Waals surface area (Å²) < 4.78 is 4.71. The molecule has 0 saturated carbocycles. The molecule has 0 aromatic rings. The van der Waals surface area contributed by atoms with Gasteiger partial charge in [-0.05, 0) is 13.0 Å². The lowest BCUT2D eigenvalue weighted by atomic mass is 10.1. The average Bonchev–Trinajstić information content (AvgIpc) is 2.44. The second kappa shape index (κ2) is 3.87. The van der Waals surface area contributed by atoms with Gasteiger partial charge in [-0.1, -0.05) is 0 Å². The molecule has 0 bridgehead atoms. The summed E-state index contributed by atoms with van der Waals surface area (Å²) in [5, 5.41) is 26.9. The van der Waals surface area contributed by atoms with E-state index in [1.54, 1.807) is 6.92 Å². The van der Waals surface area contributed by atoms with Gasteiger partial charge in [0.25, 0.3) is 0 Å². The van der Waals surface area contributed by atoms with Gasteiger partial charge in [0.05, 0.1) is 6.61 Å². The van der Waals surface area contributed by atoms with E-state index in [4.69, 9.17) is 14.9 Å². The summed E-state index contributed by atoms with van der Waals surface area (Å²) in [6, 6.07) is 0. The summed E-state index contributed by atoms with van der Waals surface area (Å²) >= 11 is 0. The molecule has 3 unspecified atom stereocenters. The first-order valence-corrected chi connectivity index (χ1v) is 3.92. The minimum Gasteiger partial charge on any atom is -0.452 e. The second-order valence-electron chi connectivity index (χ2n) is 2.96. The fourth-order valence-electron chi connectivity index (χ4n) is 1.06. The highest BCUT2D eigenvalue weighted by atomic mass is 16.6. The second-order valence-corrected chi connectivity index (χ2v) is 2.96. The molecule has 13 heavy (non-hydrogen) atoms. The Balaban J connectivity index is 2.60. The number of carbonyl (C=O) groups is 1. The summed E-state index contributed by atoms with van der Waals surface area (Å²) in [7, 11) is 0. The number of rotatable bonds is 3. The Morgan fingerprint density at radius 3 is 2.62 bits per heavy atom. The lowest BCUT2D eigenvalue weighted by Crippen LogP contribution is -2.39. The highest BCUT2D eigenvalue weighted by molar-refractivity contribution is 5.90. The van der Waals surface area contributed by atoms with Crippen LogP contribution in [-0.2, 0) is 9.53 Å². The van der Waals surface area contributed by atoms with E-state index in [1.807, 2.05) is 0 Å². The normalized spacial score (nSPS) is 26.6. The molecular formula is C8H12O5. The zero-order valence-electron chi connectivity index (χ0n) is 7.17. The van der Waals surface area contributed by atoms with Gasteiger partial charge in [-0.15, -0.1) is 0 Å². The molecule has 0 aromatic carbocycles. The number of cyclic esters (lactones) is 1. The number of carbonyl (C=O) groups excluding carboxylic acids is 1. The SMILES string of the molecule is CC1=CC(C(O)C(O)CO)OC1=O. The van der Waals surface area contributed by atoms with Crippen molar-refractivity contribution >= 4 is 5.97 Å². The number of aliphatic hydroxyl groups excluding tert-OH is 3. The molecular weight excluding hydrogens is 176 g/mol. The monoisotopic (exact) mass is 188 g/mol. The summed E-state index contributed by atoms with van der Waals surface area (Å²) in [5.41, 5.74) is 0.397. The van der Waals surface area contributed by atoms with Crippen LogP contribution in [0.15, 0.2) is 11.6 Å². The van der Waals surface area contributed by atoms with Crippen molar-refractivity contribution in [3.05, 3.63) is 11.6 Å². The standard InChI is InChI=1S/C8H12O5/c1-4-2-6(13-8(4)12)7(11)5(10)3-9/h2,5-7,9-11H,3H2,1H3. The Kier molecular flexibility index (Phi) is 3.02. The Morgan fingerprint density at radius 1 is 1.62 bits per heavy atom. The molecule has 74 valence electrons. The van der Waals surface area contributed by atoms with E-state index in [0.717, 1.165) is 0 Å². The van der Waals surface area contributed by atoms with Crippen LogP contribution in [0, 0.1) is 0 Å². The van der Waals surface area contributed by atoms with Crippen molar-refractivity contribution in [3.63, 3.8) is 0 Å². The first kappa shape index (κ1) is 10.2. The zero-order chi connectivity index (χ0) is 10.0. The van der Waals surface area contributed by atoms with Gasteiger partial charge < -0.3 is 20.1 Å². The van der Waals surface area contributed by atoms with E-state index in [0.29, 0.717) is 5.57 Å². The van der Waals surface area contributed by atoms with Crippen LogP contribution in [0.1, 0.15) is 6.92 Å². The van der Waals surface area contributed by atoms with Gasteiger partial charge in [-0.3, -0.25) is 0 Å². The average molecular weight is 188 g/mol. The third-order valence-corrected chi connectivity index (χ3v) is 1.90. The molecule has 1 heterocycles.